The zero-order valence-electron chi connectivity index (χ0n) is 44.7. The van der Waals surface area contributed by atoms with Gasteiger partial charge < -0.3 is 14.2 Å². The summed E-state index contributed by atoms with van der Waals surface area (Å²) >= 11 is 0. The van der Waals surface area contributed by atoms with Gasteiger partial charge in [0.2, 0.25) is 0 Å². The fourth-order valence-electron chi connectivity index (χ4n) is 13.5. The van der Waals surface area contributed by atoms with Crippen LogP contribution in [0.5, 0.6) is 0 Å². The molecule has 0 bridgehead atoms. The first-order valence-corrected chi connectivity index (χ1v) is 27.7. The van der Waals surface area contributed by atoms with Crippen molar-refractivity contribution in [3.05, 3.63) is 262 Å². The van der Waals surface area contributed by atoms with Gasteiger partial charge >= 0.3 is 0 Å². The Hall–Kier alpha value is -8.14. The number of anilines is 6. The number of hydrogen-bond donors (Lipinski definition) is 0. The molecule has 0 radical (unpaired) electrons. The Balaban J connectivity index is 1.14. The van der Waals surface area contributed by atoms with Gasteiger partial charge in [0.25, 0.3) is 0 Å². The van der Waals surface area contributed by atoms with Crippen molar-refractivity contribution in [3.63, 3.8) is 0 Å². The van der Waals surface area contributed by atoms with Crippen molar-refractivity contribution >= 4 is 66.8 Å². The van der Waals surface area contributed by atoms with Crippen LogP contribution in [-0.2, 0) is 41.9 Å². The van der Waals surface area contributed by atoms with Gasteiger partial charge in [-0.3, -0.25) is 0 Å². The number of fused-ring (bicyclic) bond motifs is 11. The van der Waals surface area contributed by atoms with Crippen LogP contribution in [0.25, 0.3) is 43.8 Å². The van der Waals surface area contributed by atoms with Crippen molar-refractivity contribution in [3.8, 4) is 11.1 Å². The molecule has 0 unspecified atom stereocenters. The van der Waals surface area contributed by atoms with Gasteiger partial charge in [-0.05, 0) is 183 Å². The van der Waals surface area contributed by atoms with Crippen LogP contribution in [0.3, 0.4) is 0 Å². The molecule has 3 heteroatoms. The third kappa shape index (κ3) is 7.22. The average molecular weight is 985 g/mol. The minimum Gasteiger partial charge on any atom is -0.455 e. The molecule has 0 saturated carbocycles. The monoisotopic (exact) mass is 985 g/mol. The Morgan fingerprint density at radius 1 is 0.382 bits per heavy atom. The molecule has 0 saturated heterocycles. The largest absolute Gasteiger partial charge is 0.455 e. The van der Waals surface area contributed by atoms with Gasteiger partial charge in [0.15, 0.2) is 0 Å². The van der Waals surface area contributed by atoms with Crippen molar-refractivity contribution in [1.29, 1.82) is 0 Å². The van der Waals surface area contributed by atoms with Crippen molar-refractivity contribution in [2.75, 3.05) is 9.80 Å². The number of rotatable bonds is 8. The van der Waals surface area contributed by atoms with Gasteiger partial charge in [0.05, 0.1) is 22.2 Å². The van der Waals surface area contributed by atoms with E-state index in [-0.39, 0.29) is 10.8 Å². The second-order valence-electron chi connectivity index (χ2n) is 23.8. The summed E-state index contributed by atoms with van der Waals surface area (Å²) in [6.07, 6.45) is 6.84. The van der Waals surface area contributed by atoms with Crippen LogP contribution in [0.1, 0.15) is 110 Å². The minimum atomic E-state index is -0.784. The summed E-state index contributed by atoms with van der Waals surface area (Å²) in [6, 6.07) is 78.8. The molecule has 0 amide bonds. The van der Waals surface area contributed by atoms with Gasteiger partial charge in [-0.2, -0.15) is 0 Å². The van der Waals surface area contributed by atoms with Crippen molar-refractivity contribution in [2.45, 2.75) is 96.3 Å². The van der Waals surface area contributed by atoms with Crippen LogP contribution in [0.4, 0.5) is 34.1 Å². The number of nitrogens with zero attached hydrogens (tertiary/aromatic N) is 2. The molecule has 11 aromatic rings. The Morgan fingerprint density at radius 2 is 0.816 bits per heavy atom. The summed E-state index contributed by atoms with van der Waals surface area (Å²) in [5, 5.41) is 4.61. The molecule has 1 heterocycles. The molecular weight excluding hydrogens is 921 g/mol. The molecule has 372 valence electrons. The molecule has 0 aliphatic heterocycles. The SMILES string of the molecule is CC(C)(C)c1ccc(N(c2ccc3c(c2)CCC3)c2cc3c(c4ccccc24)-c2c(cc(N(c4ccc(C(C)(C)C)cc4)c4ccc5c(c4)CCC5)c4c2oc2ccccc24)C3(c2ccccc2)c2ccccc2)cc1. The zero-order chi connectivity index (χ0) is 51.5. The number of aryl methyl sites for hydroxylation is 4. The van der Waals surface area contributed by atoms with E-state index in [1.807, 2.05) is 0 Å². The number of para-hydroxylation sites is 1. The summed E-state index contributed by atoms with van der Waals surface area (Å²) in [5.41, 5.74) is 23.6. The molecule has 76 heavy (non-hydrogen) atoms. The molecule has 0 N–H and O–H groups in total. The maximum atomic E-state index is 7.53. The van der Waals surface area contributed by atoms with Crippen molar-refractivity contribution < 1.29 is 4.42 Å². The molecule has 10 aromatic carbocycles. The Labute approximate surface area is 448 Å². The van der Waals surface area contributed by atoms with E-state index in [1.54, 1.807) is 0 Å². The molecule has 0 spiro atoms. The fraction of sp³-hybridized carbons (Fsp3) is 0.205. The van der Waals surface area contributed by atoms with E-state index in [0.29, 0.717) is 0 Å². The molecule has 0 fully saturated rings. The fourth-order valence-corrected chi connectivity index (χ4v) is 13.5. The summed E-state index contributed by atoms with van der Waals surface area (Å²) in [5.74, 6) is 0. The van der Waals surface area contributed by atoms with Crippen LogP contribution in [0.15, 0.2) is 211 Å². The predicted octanol–water partition coefficient (Wildman–Crippen LogP) is 19.6. The van der Waals surface area contributed by atoms with Gasteiger partial charge in [-0.1, -0.05) is 181 Å². The van der Waals surface area contributed by atoms with Crippen LogP contribution in [0, 0.1) is 0 Å². The Kier molecular flexibility index (Phi) is 10.7. The lowest BCUT2D eigenvalue weighted by molar-refractivity contribution is 0.590. The zero-order valence-corrected chi connectivity index (χ0v) is 44.7. The highest BCUT2D eigenvalue weighted by Gasteiger charge is 2.50. The van der Waals surface area contributed by atoms with Gasteiger partial charge in [-0.25, -0.2) is 0 Å². The van der Waals surface area contributed by atoms with E-state index in [1.165, 1.54) is 90.5 Å². The van der Waals surface area contributed by atoms with Crippen LogP contribution in [0.2, 0.25) is 0 Å². The molecule has 3 aliphatic carbocycles. The molecule has 3 nitrogen and oxygen atoms in total. The summed E-state index contributed by atoms with van der Waals surface area (Å²) in [6.45, 7) is 13.8. The Bertz CT molecular complexity index is 4020. The minimum absolute atomic E-state index is 0.00287. The van der Waals surface area contributed by atoms with Gasteiger partial charge in [0.1, 0.15) is 11.2 Å². The predicted molar refractivity (Wildman–Crippen MR) is 319 cm³/mol. The first-order chi connectivity index (χ1) is 36.9. The molecule has 1 aromatic heterocycles. The standard InChI is InChI=1S/C73H64N2O/c1-71(2,3)51-33-39-55(40-34-51)74(57-37-31-47-19-17-21-49(47)43-57)64-45-62-67(60-28-14-13-27-59(60)64)69-63(73(62,53-23-9-7-10-24-53)54-25-11-8-12-26-54)46-65(68-61-29-15-16-30-66(61)76-70(68)69)75(56-41-35-52(36-42-56)72(4,5)6)58-38-32-48-20-18-22-50(48)44-58/h7-16,23-46H,17-22H2,1-6H3. The van der Waals surface area contributed by atoms with E-state index in [0.717, 1.165) is 81.6 Å². The Morgan fingerprint density at radius 3 is 1.36 bits per heavy atom. The first kappa shape index (κ1) is 46.4. The summed E-state index contributed by atoms with van der Waals surface area (Å²) in [4.78, 5) is 5.09. The second-order valence-corrected chi connectivity index (χ2v) is 23.8. The van der Waals surface area contributed by atoms with Gasteiger partial charge in [-0.15, -0.1) is 0 Å². The van der Waals surface area contributed by atoms with E-state index in [4.69, 9.17) is 4.42 Å². The molecule has 3 aliphatic rings. The maximum Gasteiger partial charge on any atom is 0.145 e. The summed E-state index contributed by atoms with van der Waals surface area (Å²) < 4.78 is 7.53. The van der Waals surface area contributed by atoms with E-state index in [9.17, 15) is 0 Å². The normalized spacial score (nSPS) is 14.5. The summed E-state index contributed by atoms with van der Waals surface area (Å²) in [7, 11) is 0. The highest BCUT2D eigenvalue weighted by molar-refractivity contribution is 6.22. The molecule has 14 rings (SSSR count). The van der Waals surface area contributed by atoms with Crippen LogP contribution >= 0.6 is 0 Å². The molecule has 0 atom stereocenters. The third-order valence-electron chi connectivity index (χ3n) is 17.3. The smallest absolute Gasteiger partial charge is 0.145 e. The third-order valence-corrected chi connectivity index (χ3v) is 17.3. The van der Waals surface area contributed by atoms with E-state index in [2.05, 4.69) is 258 Å². The number of furan rings is 1. The number of hydrogen-bond acceptors (Lipinski definition) is 3. The van der Waals surface area contributed by atoms with Crippen molar-refractivity contribution in [2.24, 2.45) is 0 Å². The lowest BCUT2D eigenvalue weighted by Gasteiger charge is -2.36. The van der Waals surface area contributed by atoms with Crippen LogP contribution < -0.4 is 9.80 Å². The lowest BCUT2D eigenvalue weighted by Crippen LogP contribution is -2.29. The number of benzene rings is 10. The average Bonchev–Trinajstić information content (AvgIpc) is 4.28. The quantitative estimate of drug-likeness (QED) is 0.151. The second kappa shape index (κ2) is 17.5. The molecular formula is C73H64N2O. The lowest BCUT2D eigenvalue weighted by atomic mass is 9.67. The highest BCUT2D eigenvalue weighted by atomic mass is 16.3. The maximum absolute atomic E-state index is 7.53. The van der Waals surface area contributed by atoms with E-state index >= 15 is 0 Å². The topological polar surface area (TPSA) is 19.6 Å². The highest BCUT2D eigenvalue weighted by Crippen LogP contribution is 2.64. The van der Waals surface area contributed by atoms with Crippen LogP contribution in [-0.4, -0.2) is 0 Å². The van der Waals surface area contributed by atoms with E-state index < -0.39 is 5.41 Å². The van der Waals surface area contributed by atoms with Crippen molar-refractivity contribution in [1.82, 2.24) is 0 Å². The van der Waals surface area contributed by atoms with Gasteiger partial charge in [0, 0.05) is 39.1 Å². The first-order valence-electron chi connectivity index (χ1n) is 27.7.